The summed E-state index contributed by atoms with van der Waals surface area (Å²) in [5.41, 5.74) is -1.02. The third kappa shape index (κ3) is 7.93. The van der Waals surface area contributed by atoms with Crippen LogP contribution in [0.2, 0.25) is 0 Å². The first kappa shape index (κ1) is 28.9. The Morgan fingerprint density at radius 2 is 1.49 bits per heavy atom. The molecule has 0 amide bonds. The van der Waals surface area contributed by atoms with E-state index in [1.165, 1.54) is 30.3 Å². The van der Waals surface area contributed by atoms with Gasteiger partial charge in [-0.3, -0.25) is 0 Å². The van der Waals surface area contributed by atoms with E-state index in [-0.39, 0.29) is 36.4 Å². The van der Waals surface area contributed by atoms with Crippen molar-refractivity contribution in [3.05, 3.63) is 59.7 Å². The van der Waals surface area contributed by atoms with Gasteiger partial charge in [-0.1, -0.05) is 37.5 Å². The Morgan fingerprint density at radius 1 is 0.838 bits per heavy atom. The van der Waals surface area contributed by atoms with Crippen LogP contribution in [0.3, 0.4) is 0 Å². The molecule has 3 rings (SSSR count). The highest BCUT2D eigenvalue weighted by atomic mass is 19.4. The van der Waals surface area contributed by atoms with Gasteiger partial charge in [-0.15, -0.1) is 0 Å². The molecule has 3 nitrogen and oxygen atoms in total. The van der Waals surface area contributed by atoms with Gasteiger partial charge in [0.15, 0.2) is 6.10 Å². The summed E-state index contributed by atoms with van der Waals surface area (Å²) in [6.45, 7) is -1.70. The first-order chi connectivity index (χ1) is 17.2. The molecule has 0 bridgehead atoms. The van der Waals surface area contributed by atoms with Gasteiger partial charge >= 0.3 is 18.5 Å². The number of hydrogen-bond acceptors (Lipinski definition) is 3. The van der Waals surface area contributed by atoms with Crippen molar-refractivity contribution in [1.29, 1.82) is 0 Å². The molecular formula is C25H26F9NO2. The molecule has 0 aromatic heterocycles. The van der Waals surface area contributed by atoms with Crippen molar-refractivity contribution in [2.75, 3.05) is 11.4 Å². The van der Waals surface area contributed by atoms with Gasteiger partial charge in [-0.05, 0) is 48.6 Å². The summed E-state index contributed by atoms with van der Waals surface area (Å²) in [6, 6.07) is 6.89. The first-order valence-corrected chi connectivity index (χ1v) is 11.6. The molecule has 0 saturated heterocycles. The van der Waals surface area contributed by atoms with Crippen LogP contribution in [0.15, 0.2) is 48.5 Å². The molecule has 1 saturated carbocycles. The summed E-state index contributed by atoms with van der Waals surface area (Å²) >= 11 is 0. The van der Waals surface area contributed by atoms with E-state index in [2.05, 4.69) is 0 Å². The summed E-state index contributed by atoms with van der Waals surface area (Å²) in [7, 11) is 0. The fraction of sp³-hybridized carbons (Fsp3) is 0.520. The number of aliphatic hydroxyl groups excluding tert-OH is 1. The maximum Gasteiger partial charge on any atom is 0.416 e. The van der Waals surface area contributed by atoms with Crippen LogP contribution < -0.4 is 9.64 Å². The predicted molar refractivity (Wildman–Crippen MR) is 118 cm³/mol. The average Bonchev–Trinajstić information content (AvgIpc) is 2.81. The minimum atomic E-state index is -5.14. The summed E-state index contributed by atoms with van der Waals surface area (Å²) in [6.07, 6.45) is -15.5. The molecule has 0 radical (unpaired) electrons. The quantitative estimate of drug-likeness (QED) is 0.350. The fourth-order valence-electron chi connectivity index (χ4n) is 4.57. The normalized spacial score (nSPS) is 17.4. The van der Waals surface area contributed by atoms with Gasteiger partial charge in [0.2, 0.25) is 0 Å². The van der Waals surface area contributed by atoms with Gasteiger partial charge in [0.05, 0.1) is 12.1 Å². The topological polar surface area (TPSA) is 32.7 Å². The molecule has 1 aliphatic carbocycles. The fourth-order valence-corrected chi connectivity index (χ4v) is 4.57. The molecule has 1 N–H and O–H groups in total. The molecule has 206 valence electrons. The van der Waals surface area contributed by atoms with E-state index in [1.54, 1.807) is 0 Å². The van der Waals surface area contributed by atoms with Gasteiger partial charge in [-0.25, -0.2) is 0 Å². The van der Waals surface area contributed by atoms with Gasteiger partial charge in [0.25, 0.3) is 0 Å². The van der Waals surface area contributed by atoms with Crippen molar-refractivity contribution < 1.29 is 49.4 Å². The second kappa shape index (κ2) is 11.4. The Hall–Kier alpha value is -2.63. The Kier molecular flexibility index (Phi) is 8.92. The Bertz CT molecular complexity index is 1010. The summed E-state index contributed by atoms with van der Waals surface area (Å²) < 4.78 is 127. The number of alkyl halides is 9. The number of aliphatic hydroxyl groups is 1. The van der Waals surface area contributed by atoms with E-state index >= 15 is 0 Å². The standard InChI is InChI=1S/C25H26F9NO2/c26-23(27,28)18-9-4-6-16(12-18)15-37-20-11-5-10-19(13-20)35(14-21(36)24(29,30)31)22(25(32,33)34)17-7-2-1-3-8-17/h4-6,9-13,17,21-22,36H,1-3,7-8,14-15H2. The molecule has 12 heteroatoms. The van der Waals surface area contributed by atoms with Gasteiger partial charge < -0.3 is 14.7 Å². The van der Waals surface area contributed by atoms with Crippen LogP contribution in [-0.2, 0) is 12.8 Å². The highest BCUT2D eigenvalue weighted by Gasteiger charge is 2.50. The molecule has 0 aliphatic heterocycles. The lowest BCUT2D eigenvalue weighted by molar-refractivity contribution is -0.204. The van der Waals surface area contributed by atoms with Crippen molar-refractivity contribution in [3.63, 3.8) is 0 Å². The largest absolute Gasteiger partial charge is 0.489 e. The summed E-state index contributed by atoms with van der Waals surface area (Å²) in [4.78, 5) is 0.519. The van der Waals surface area contributed by atoms with Crippen molar-refractivity contribution in [2.24, 2.45) is 5.92 Å². The smallest absolute Gasteiger partial charge is 0.416 e. The predicted octanol–water partition coefficient (Wildman–Crippen LogP) is 7.53. The van der Waals surface area contributed by atoms with E-state index in [1.807, 2.05) is 0 Å². The highest BCUT2D eigenvalue weighted by molar-refractivity contribution is 5.52. The van der Waals surface area contributed by atoms with Crippen molar-refractivity contribution in [2.45, 2.75) is 69.4 Å². The molecule has 1 aliphatic rings. The third-order valence-corrected chi connectivity index (χ3v) is 6.32. The van der Waals surface area contributed by atoms with Crippen LogP contribution >= 0.6 is 0 Å². The second-order valence-electron chi connectivity index (χ2n) is 9.08. The van der Waals surface area contributed by atoms with E-state index in [9.17, 15) is 44.6 Å². The molecule has 1 fully saturated rings. The van der Waals surface area contributed by atoms with Gasteiger partial charge in [-0.2, -0.15) is 39.5 Å². The van der Waals surface area contributed by atoms with Crippen LogP contribution in [0.5, 0.6) is 5.75 Å². The highest BCUT2D eigenvalue weighted by Crippen LogP contribution is 2.41. The van der Waals surface area contributed by atoms with Gasteiger partial charge in [0, 0.05) is 11.8 Å². The van der Waals surface area contributed by atoms with E-state index in [0.717, 1.165) is 24.6 Å². The molecule has 2 unspecified atom stereocenters. The number of hydrogen-bond donors (Lipinski definition) is 1. The maximum atomic E-state index is 14.3. The minimum absolute atomic E-state index is 0.0500. The van der Waals surface area contributed by atoms with E-state index in [4.69, 9.17) is 4.74 Å². The molecule has 2 aromatic rings. The van der Waals surface area contributed by atoms with Crippen LogP contribution in [0.1, 0.15) is 43.2 Å². The van der Waals surface area contributed by atoms with E-state index < -0.39 is 48.7 Å². The lowest BCUT2D eigenvalue weighted by Crippen LogP contribution is -2.55. The molecule has 37 heavy (non-hydrogen) atoms. The van der Waals surface area contributed by atoms with Crippen molar-refractivity contribution in [3.8, 4) is 5.75 Å². The van der Waals surface area contributed by atoms with Crippen LogP contribution in [-0.4, -0.2) is 36.1 Å². The zero-order valence-electron chi connectivity index (χ0n) is 19.5. The molecule has 0 spiro atoms. The molecular weight excluding hydrogens is 517 g/mol. The zero-order valence-corrected chi connectivity index (χ0v) is 19.5. The molecule has 0 heterocycles. The lowest BCUT2D eigenvalue weighted by atomic mass is 9.82. The van der Waals surface area contributed by atoms with Crippen molar-refractivity contribution in [1.82, 2.24) is 0 Å². The average molecular weight is 543 g/mol. The number of halogens is 9. The maximum absolute atomic E-state index is 14.3. The number of benzene rings is 2. The van der Waals surface area contributed by atoms with Crippen LogP contribution in [0.4, 0.5) is 45.2 Å². The van der Waals surface area contributed by atoms with Crippen molar-refractivity contribution >= 4 is 5.69 Å². The molecule has 2 aromatic carbocycles. The van der Waals surface area contributed by atoms with Gasteiger partial charge in [0.1, 0.15) is 18.4 Å². The van der Waals surface area contributed by atoms with E-state index in [0.29, 0.717) is 17.7 Å². The summed E-state index contributed by atoms with van der Waals surface area (Å²) in [5.74, 6) is -1.02. The Balaban J connectivity index is 1.91. The Morgan fingerprint density at radius 3 is 2.08 bits per heavy atom. The number of rotatable bonds is 8. The SMILES string of the molecule is OC(CN(c1cccc(OCc2cccc(C(F)(F)F)c2)c1)C(C1CCCCC1)C(F)(F)F)C(F)(F)F. The second-order valence-corrected chi connectivity index (χ2v) is 9.08. The monoisotopic (exact) mass is 543 g/mol. The third-order valence-electron chi connectivity index (χ3n) is 6.32. The Labute approximate surface area is 207 Å². The number of ether oxygens (including phenoxy) is 1. The number of anilines is 1. The minimum Gasteiger partial charge on any atom is -0.489 e. The van der Waals surface area contributed by atoms with Crippen LogP contribution in [0.25, 0.3) is 0 Å². The van der Waals surface area contributed by atoms with Crippen LogP contribution in [0, 0.1) is 5.92 Å². The number of nitrogens with zero attached hydrogens (tertiary/aromatic N) is 1. The zero-order chi connectivity index (χ0) is 27.4. The first-order valence-electron chi connectivity index (χ1n) is 11.6. The lowest BCUT2D eigenvalue weighted by Gasteiger charge is -2.42. The summed E-state index contributed by atoms with van der Waals surface area (Å²) in [5, 5.41) is 9.69. The molecule has 2 atom stereocenters.